The summed E-state index contributed by atoms with van der Waals surface area (Å²) in [5.41, 5.74) is 6.85. The number of nitrogens with zero attached hydrogens (tertiary/aromatic N) is 1. The molecular weight excluding hydrogens is 230 g/mol. The molecule has 1 heterocycles. The molecule has 0 bridgehead atoms. The smallest absolute Gasteiger partial charge is 0.330 e. The number of benzene rings is 1. The predicted molar refractivity (Wildman–Crippen MR) is 70.7 cm³/mol. The molecule has 0 aliphatic carbocycles. The number of rotatable bonds is 2. The molecule has 2 aromatic rings. The van der Waals surface area contributed by atoms with Crippen molar-refractivity contribution in [1.82, 2.24) is 9.55 Å². The van der Waals surface area contributed by atoms with Crippen LogP contribution in [0.4, 0.5) is 5.82 Å². The van der Waals surface area contributed by atoms with Crippen LogP contribution in [0.5, 0.6) is 0 Å². The predicted octanol–water partition coefficient (Wildman–Crippen LogP) is 1.04. The topological polar surface area (TPSA) is 80.9 Å². The van der Waals surface area contributed by atoms with E-state index in [2.05, 4.69) is 4.98 Å². The monoisotopic (exact) mass is 245 g/mol. The molecule has 0 spiro atoms. The Kier molecular flexibility index (Phi) is 3.06. The van der Waals surface area contributed by atoms with Crippen LogP contribution in [0.3, 0.4) is 0 Å². The maximum absolute atomic E-state index is 11.8. The van der Waals surface area contributed by atoms with Crippen LogP contribution in [0.15, 0.2) is 39.9 Å². The Hall–Kier alpha value is -2.30. The van der Waals surface area contributed by atoms with Gasteiger partial charge in [-0.3, -0.25) is 14.3 Å². The molecule has 0 saturated carbocycles. The Labute approximate surface area is 104 Å². The number of anilines is 1. The number of aromatic nitrogens is 2. The van der Waals surface area contributed by atoms with E-state index < -0.39 is 11.2 Å². The normalized spacial score (nSPS) is 12.3. The highest BCUT2D eigenvalue weighted by Crippen LogP contribution is 2.21. The average Bonchev–Trinajstić information content (AvgIpc) is 2.27. The minimum atomic E-state index is -0.490. The van der Waals surface area contributed by atoms with E-state index in [1.165, 1.54) is 10.6 Å². The van der Waals surface area contributed by atoms with Gasteiger partial charge in [0.25, 0.3) is 5.56 Å². The van der Waals surface area contributed by atoms with Crippen LogP contribution in [0.2, 0.25) is 0 Å². The largest absolute Gasteiger partial charge is 0.385 e. The fraction of sp³-hybridized carbons (Fsp3) is 0.231. The van der Waals surface area contributed by atoms with Gasteiger partial charge in [-0.1, -0.05) is 24.3 Å². The van der Waals surface area contributed by atoms with Crippen molar-refractivity contribution in [3.63, 3.8) is 0 Å². The van der Waals surface area contributed by atoms with E-state index in [1.54, 1.807) is 0 Å². The first-order valence-corrected chi connectivity index (χ1v) is 5.67. The lowest BCUT2D eigenvalue weighted by Gasteiger charge is -2.19. The molecule has 5 heteroatoms. The molecule has 0 saturated heterocycles. The van der Waals surface area contributed by atoms with Crippen LogP contribution in [0.1, 0.15) is 24.1 Å². The lowest BCUT2D eigenvalue weighted by atomic mass is 10.0. The zero-order chi connectivity index (χ0) is 13.3. The summed E-state index contributed by atoms with van der Waals surface area (Å²) >= 11 is 0. The molecule has 0 amide bonds. The van der Waals surface area contributed by atoms with E-state index in [4.69, 9.17) is 5.73 Å². The summed E-state index contributed by atoms with van der Waals surface area (Å²) < 4.78 is 1.38. The highest BCUT2D eigenvalue weighted by molar-refractivity contribution is 5.34. The van der Waals surface area contributed by atoms with Crippen molar-refractivity contribution in [2.75, 3.05) is 5.73 Å². The van der Waals surface area contributed by atoms with Gasteiger partial charge in [0.2, 0.25) is 0 Å². The number of nitrogens with two attached hydrogens (primary N) is 1. The maximum atomic E-state index is 11.8. The Balaban J connectivity index is 2.60. The number of nitrogens with one attached hydrogen (secondary N) is 1. The molecular formula is C13H15N3O2. The molecule has 5 nitrogen and oxygen atoms in total. The molecule has 1 aromatic heterocycles. The molecule has 2 rings (SSSR count). The Morgan fingerprint density at radius 3 is 2.56 bits per heavy atom. The van der Waals surface area contributed by atoms with Gasteiger partial charge in [0, 0.05) is 6.07 Å². The van der Waals surface area contributed by atoms with E-state index >= 15 is 0 Å². The minimum absolute atomic E-state index is 0.166. The third-order valence-corrected chi connectivity index (χ3v) is 3.03. The summed E-state index contributed by atoms with van der Waals surface area (Å²) in [6.07, 6.45) is 0. The number of aryl methyl sites for hydroxylation is 1. The van der Waals surface area contributed by atoms with Gasteiger partial charge >= 0.3 is 5.69 Å². The van der Waals surface area contributed by atoms with E-state index in [0.29, 0.717) is 0 Å². The first-order chi connectivity index (χ1) is 8.50. The zero-order valence-corrected chi connectivity index (χ0v) is 10.3. The van der Waals surface area contributed by atoms with E-state index in [1.807, 2.05) is 38.1 Å². The second kappa shape index (κ2) is 4.52. The van der Waals surface area contributed by atoms with Gasteiger partial charge in [-0.15, -0.1) is 0 Å². The first kappa shape index (κ1) is 12.2. The summed E-state index contributed by atoms with van der Waals surface area (Å²) in [5, 5.41) is 0. The fourth-order valence-corrected chi connectivity index (χ4v) is 2.12. The average molecular weight is 245 g/mol. The number of hydrogen-bond donors (Lipinski definition) is 2. The number of H-pyrrole nitrogens is 1. The molecule has 0 aliphatic heterocycles. The second-order valence-electron chi connectivity index (χ2n) is 4.27. The molecule has 94 valence electrons. The Bertz CT molecular complexity index is 685. The molecule has 0 aliphatic rings. The van der Waals surface area contributed by atoms with E-state index in [-0.39, 0.29) is 11.9 Å². The van der Waals surface area contributed by atoms with Crippen molar-refractivity contribution in [2.24, 2.45) is 0 Å². The van der Waals surface area contributed by atoms with Gasteiger partial charge in [-0.2, -0.15) is 0 Å². The number of aromatic amines is 1. The van der Waals surface area contributed by atoms with Crippen LogP contribution in [-0.2, 0) is 0 Å². The third kappa shape index (κ3) is 2.07. The third-order valence-electron chi connectivity index (χ3n) is 3.03. The van der Waals surface area contributed by atoms with Gasteiger partial charge in [-0.05, 0) is 25.0 Å². The SMILES string of the molecule is Cc1ccccc1C(C)n1c(N)cc(=O)[nH]c1=O. The highest BCUT2D eigenvalue weighted by Gasteiger charge is 2.14. The zero-order valence-electron chi connectivity index (χ0n) is 10.3. The van der Waals surface area contributed by atoms with Crippen LogP contribution in [-0.4, -0.2) is 9.55 Å². The summed E-state index contributed by atoms with van der Waals surface area (Å²) in [4.78, 5) is 25.2. The molecule has 1 unspecified atom stereocenters. The summed E-state index contributed by atoms with van der Waals surface area (Å²) in [6, 6.07) is 8.75. The van der Waals surface area contributed by atoms with Crippen LogP contribution in [0, 0.1) is 6.92 Å². The standard InChI is InChI=1S/C13H15N3O2/c1-8-5-3-4-6-10(8)9(2)16-11(14)7-12(17)15-13(16)18/h3-7,9H,14H2,1-2H3,(H,15,17,18). The van der Waals surface area contributed by atoms with Crippen molar-refractivity contribution < 1.29 is 0 Å². The van der Waals surface area contributed by atoms with E-state index in [9.17, 15) is 9.59 Å². The lowest BCUT2D eigenvalue weighted by molar-refractivity contribution is 0.601. The Morgan fingerprint density at radius 2 is 1.94 bits per heavy atom. The fourth-order valence-electron chi connectivity index (χ4n) is 2.12. The molecule has 0 fully saturated rings. The van der Waals surface area contributed by atoms with Gasteiger partial charge in [0.05, 0.1) is 6.04 Å². The quantitative estimate of drug-likeness (QED) is 0.829. The summed E-state index contributed by atoms with van der Waals surface area (Å²) in [7, 11) is 0. The second-order valence-corrected chi connectivity index (χ2v) is 4.27. The summed E-state index contributed by atoms with van der Waals surface area (Å²) in [5.74, 6) is 0.166. The molecule has 18 heavy (non-hydrogen) atoms. The molecule has 0 radical (unpaired) electrons. The molecule has 1 aromatic carbocycles. The lowest BCUT2D eigenvalue weighted by Crippen LogP contribution is -2.33. The number of nitrogen functional groups attached to an aromatic ring is 1. The Morgan fingerprint density at radius 1 is 1.28 bits per heavy atom. The van der Waals surface area contributed by atoms with Crippen molar-refractivity contribution in [2.45, 2.75) is 19.9 Å². The van der Waals surface area contributed by atoms with Gasteiger partial charge in [-0.25, -0.2) is 4.79 Å². The van der Waals surface area contributed by atoms with Gasteiger partial charge < -0.3 is 5.73 Å². The van der Waals surface area contributed by atoms with Gasteiger partial charge in [0.1, 0.15) is 5.82 Å². The maximum Gasteiger partial charge on any atom is 0.330 e. The van der Waals surface area contributed by atoms with Gasteiger partial charge in [0.15, 0.2) is 0 Å². The van der Waals surface area contributed by atoms with Crippen LogP contribution in [0.25, 0.3) is 0 Å². The summed E-state index contributed by atoms with van der Waals surface area (Å²) in [6.45, 7) is 3.84. The first-order valence-electron chi connectivity index (χ1n) is 5.67. The van der Waals surface area contributed by atoms with Crippen molar-refractivity contribution in [3.8, 4) is 0 Å². The minimum Gasteiger partial charge on any atom is -0.385 e. The highest BCUT2D eigenvalue weighted by atomic mass is 16.2. The molecule has 1 atom stereocenters. The van der Waals surface area contributed by atoms with Crippen molar-refractivity contribution >= 4 is 5.82 Å². The van der Waals surface area contributed by atoms with Crippen LogP contribution < -0.4 is 17.0 Å². The van der Waals surface area contributed by atoms with Crippen LogP contribution >= 0.6 is 0 Å². The van der Waals surface area contributed by atoms with E-state index in [0.717, 1.165) is 11.1 Å². The molecule has 3 N–H and O–H groups in total. The van der Waals surface area contributed by atoms with Crippen molar-refractivity contribution in [3.05, 3.63) is 62.3 Å². The van der Waals surface area contributed by atoms with Crippen molar-refractivity contribution in [1.29, 1.82) is 0 Å². The number of hydrogen-bond acceptors (Lipinski definition) is 3.